The highest BCUT2D eigenvalue weighted by molar-refractivity contribution is 5.92. The van der Waals surface area contributed by atoms with Crippen molar-refractivity contribution in [1.82, 2.24) is 4.90 Å². The third-order valence-electron chi connectivity index (χ3n) is 3.98. The molecule has 0 aliphatic carbocycles. The summed E-state index contributed by atoms with van der Waals surface area (Å²) in [5.74, 6) is 2.20. The highest BCUT2D eigenvalue weighted by Crippen LogP contribution is 2.24. The number of carbonyl (C=O) groups is 1. The summed E-state index contributed by atoms with van der Waals surface area (Å²) in [4.78, 5) is 14.5. The van der Waals surface area contributed by atoms with E-state index in [1.807, 2.05) is 24.3 Å². The number of ether oxygens (including phenoxy) is 1. The van der Waals surface area contributed by atoms with Crippen molar-refractivity contribution in [2.24, 2.45) is 11.8 Å². The van der Waals surface area contributed by atoms with E-state index in [0.717, 1.165) is 37.2 Å². The van der Waals surface area contributed by atoms with Gasteiger partial charge in [-0.3, -0.25) is 4.79 Å². The standard InChI is InChI=1S/C17H26N2O2/c1-13-10-14(2)12-19(11-13)9-8-17(20)18-15-6-4-5-7-16(15)21-3/h4-7,13-14H,8-12H2,1-3H3,(H,18,20). The van der Waals surface area contributed by atoms with Crippen molar-refractivity contribution in [3.8, 4) is 5.75 Å². The van der Waals surface area contributed by atoms with Crippen LogP contribution in [-0.2, 0) is 4.79 Å². The first kappa shape index (κ1) is 15.8. The number of anilines is 1. The number of amides is 1. The monoisotopic (exact) mass is 290 g/mol. The van der Waals surface area contributed by atoms with Gasteiger partial charge in [0.15, 0.2) is 0 Å². The van der Waals surface area contributed by atoms with Crippen LogP contribution in [0.1, 0.15) is 26.7 Å². The molecule has 1 saturated heterocycles. The lowest BCUT2D eigenvalue weighted by Crippen LogP contribution is -2.40. The summed E-state index contributed by atoms with van der Waals surface area (Å²) in [6.07, 6.45) is 1.82. The van der Waals surface area contributed by atoms with Crippen LogP contribution in [0.4, 0.5) is 5.69 Å². The summed E-state index contributed by atoms with van der Waals surface area (Å²) in [5.41, 5.74) is 0.741. The summed E-state index contributed by atoms with van der Waals surface area (Å²) in [7, 11) is 1.61. The molecule has 0 saturated carbocycles. The summed E-state index contributed by atoms with van der Waals surface area (Å²) in [6.45, 7) is 7.61. The smallest absolute Gasteiger partial charge is 0.225 e. The number of rotatable bonds is 5. The van der Waals surface area contributed by atoms with E-state index in [1.165, 1.54) is 6.42 Å². The Kier molecular flexibility index (Phi) is 5.62. The maximum atomic E-state index is 12.1. The van der Waals surface area contributed by atoms with E-state index in [-0.39, 0.29) is 5.91 Å². The molecular weight excluding hydrogens is 264 g/mol. The van der Waals surface area contributed by atoms with Crippen LogP contribution < -0.4 is 10.1 Å². The first-order valence-electron chi connectivity index (χ1n) is 7.73. The third kappa shape index (κ3) is 4.74. The lowest BCUT2D eigenvalue weighted by atomic mass is 9.92. The number of para-hydroxylation sites is 2. The lowest BCUT2D eigenvalue weighted by molar-refractivity contribution is -0.116. The summed E-state index contributed by atoms with van der Waals surface area (Å²) >= 11 is 0. The van der Waals surface area contributed by atoms with Crippen LogP contribution >= 0.6 is 0 Å². The van der Waals surface area contributed by atoms with Crippen LogP contribution in [0.2, 0.25) is 0 Å². The fourth-order valence-corrected chi connectivity index (χ4v) is 3.19. The Morgan fingerprint density at radius 2 is 1.95 bits per heavy atom. The third-order valence-corrected chi connectivity index (χ3v) is 3.98. The minimum atomic E-state index is 0.0466. The van der Waals surface area contributed by atoms with Crippen molar-refractivity contribution in [2.75, 3.05) is 32.1 Å². The normalized spacial score (nSPS) is 22.8. The van der Waals surface area contributed by atoms with Gasteiger partial charge in [-0.05, 0) is 30.4 Å². The minimum Gasteiger partial charge on any atom is -0.495 e. The fraction of sp³-hybridized carbons (Fsp3) is 0.588. The molecule has 0 spiro atoms. The summed E-state index contributed by atoms with van der Waals surface area (Å²) < 4.78 is 5.24. The predicted molar refractivity (Wildman–Crippen MR) is 85.6 cm³/mol. The van der Waals surface area contributed by atoms with Gasteiger partial charge in [0.05, 0.1) is 12.8 Å². The fourth-order valence-electron chi connectivity index (χ4n) is 3.19. The van der Waals surface area contributed by atoms with Gasteiger partial charge in [0.25, 0.3) is 0 Å². The molecule has 2 unspecified atom stereocenters. The van der Waals surface area contributed by atoms with E-state index in [9.17, 15) is 4.79 Å². The Hall–Kier alpha value is -1.55. The molecule has 2 rings (SSSR count). The summed E-state index contributed by atoms with van der Waals surface area (Å²) in [5, 5.41) is 2.93. The molecule has 0 radical (unpaired) electrons. The van der Waals surface area contributed by atoms with Crippen molar-refractivity contribution in [3.63, 3.8) is 0 Å². The molecule has 1 aromatic carbocycles. The second-order valence-electron chi connectivity index (χ2n) is 6.20. The molecule has 1 heterocycles. The number of hydrogen-bond donors (Lipinski definition) is 1. The molecule has 1 aliphatic heterocycles. The Labute approximate surface area is 127 Å². The van der Waals surface area contributed by atoms with E-state index in [2.05, 4.69) is 24.1 Å². The second kappa shape index (κ2) is 7.46. The highest BCUT2D eigenvalue weighted by atomic mass is 16.5. The number of nitrogens with one attached hydrogen (secondary N) is 1. The Bertz CT molecular complexity index is 466. The average molecular weight is 290 g/mol. The first-order chi connectivity index (χ1) is 10.1. The van der Waals surface area contributed by atoms with Crippen LogP contribution in [0.25, 0.3) is 0 Å². The first-order valence-corrected chi connectivity index (χ1v) is 7.73. The molecule has 4 nitrogen and oxygen atoms in total. The summed E-state index contributed by atoms with van der Waals surface area (Å²) in [6, 6.07) is 7.50. The number of methoxy groups -OCH3 is 1. The number of piperidine rings is 1. The van der Waals surface area contributed by atoms with Crippen molar-refractivity contribution in [1.29, 1.82) is 0 Å². The van der Waals surface area contributed by atoms with Gasteiger partial charge in [-0.1, -0.05) is 26.0 Å². The van der Waals surface area contributed by atoms with Crippen molar-refractivity contribution < 1.29 is 9.53 Å². The number of hydrogen-bond acceptors (Lipinski definition) is 3. The average Bonchev–Trinajstić information content (AvgIpc) is 2.45. The van der Waals surface area contributed by atoms with Crippen LogP contribution in [0.15, 0.2) is 24.3 Å². The zero-order valence-corrected chi connectivity index (χ0v) is 13.3. The van der Waals surface area contributed by atoms with E-state index in [1.54, 1.807) is 7.11 Å². The lowest BCUT2D eigenvalue weighted by Gasteiger charge is -2.34. The SMILES string of the molecule is COc1ccccc1NC(=O)CCN1CC(C)CC(C)C1. The van der Waals surface area contributed by atoms with Crippen molar-refractivity contribution >= 4 is 11.6 Å². The molecule has 1 amide bonds. The van der Waals surface area contributed by atoms with Gasteiger partial charge in [-0.25, -0.2) is 0 Å². The van der Waals surface area contributed by atoms with Gasteiger partial charge in [0, 0.05) is 26.1 Å². The molecule has 1 aromatic rings. The van der Waals surface area contributed by atoms with E-state index in [0.29, 0.717) is 12.2 Å². The molecule has 0 bridgehead atoms. The predicted octanol–water partition coefficient (Wildman–Crippen LogP) is 3.00. The number of carbonyl (C=O) groups excluding carboxylic acids is 1. The van der Waals surface area contributed by atoms with Gasteiger partial charge in [-0.2, -0.15) is 0 Å². The largest absolute Gasteiger partial charge is 0.495 e. The van der Waals surface area contributed by atoms with Crippen LogP contribution in [0.3, 0.4) is 0 Å². The van der Waals surface area contributed by atoms with Gasteiger partial charge in [0.1, 0.15) is 5.75 Å². The Morgan fingerprint density at radius 3 is 2.62 bits per heavy atom. The molecule has 1 fully saturated rings. The van der Waals surface area contributed by atoms with Crippen LogP contribution in [0, 0.1) is 11.8 Å². The second-order valence-corrected chi connectivity index (χ2v) is 6.20. The molecule has 21 heavy (non-hydrogen) atoms. The van der Waals surface area contributed by atoms with Gasteiger partial charge < -0.3 is 15.0 Å². The van der Waals surface area contributed by atoms with Gasteiger partial charge in [-0.15, -0.1) is 0 Å². The molecule has 2 atom stereocenters. The number of likely N-dealkylation sites (tertiary alicyclic amines) is 1. The minimum absolute atomic E-state index is 0.0466. The topological polar surface area (TPSA) is 41.6 Å². The maximum absolute atomic E-state index is 12.1. The Balaban J connectivity index is 1.82. The van der Waals surface area contributed by atoms with Crippen LogP contribution in [-0.4, -0.2) is 37.6 Å². The number of nitrogens with zero attached hydrogens (tertiary/aromatic N) is 1. The molecule has 116 valence electrons. The highest BCUT2D eigenvalue weighted by Gasteiger charge is 2.21. The molecule has 4 heteroatoms. The number of benzene rings is 1. The molecule has 1 aliphatic rings. The van der Waals surface area contributed by atoms with Gasteiger partial charge >= 0.3 is 0 Å². The maximum Gasteiger partial charge on any atom is 0.225 e. The van der Waals surface area contributed by atoms with E-state index < -0.39 is 0 Å². The Morgan fingerprint density at radius 1 is 1.29 bits per heavy atom. The van der Waals surface area contributed by atoms with Crippen molar-refractivity contribution in [2.45, 2.75) is 26.7 Å². The van der Waals surface area contributed by atoms with Crippen LogP contribution in [0.5, 0.6) is 5.75 Å². The van der Waals surface area contributed by atoms with E-state index >= 15 is 0 Å². The van der Waals surface area contributed by atoms with Crippen molar-refractivity contribution in [3.05, 3.63) is 24.3 Å². The molecular formula is C17H26N2O2. The van der Waals surface area contributed by atoms with E-state index in [4.69, 9.17) is 4.74 Å². The zero-order chi connectivity index (χ0) is 15.2. The molecule has 1 N–H and O–H groups in total. The quantitative estimate of drug-likeness (QED) is 0.906. The van der Waals surface area contributed by atoms with Gasteiger partial charge in [0.2, 0.25) is 5.91 Å². The zero-order valence-electron chi connectivity index (χ0n) is 13.3. The molecule has 0 aromatic heterocycles.